The Morgan fingerprint density at radius 2 is 1.12 bits per heavy atom. The Morgan fingerprint density at radius 1 is 0.656 bits per heavy atom. The molecule has 3 aromatic carbocycles. The van der Waals surface area contributed by atoms with Crippen LogP contribution in [0.3, 0.4) is 0 Å². The molecule has 1 heterocycles. The van der Waals surface area contributed by atoms with Gasteiger partial charge < -0.3 is 18.9 Å². The first-order chi connectivity index (χ1) is 15.8. The third-order valence-electron chi connectivity index (χ3n) is 5.44. The predicted molar refractivity (Wildman–Crippen MR) is 122 cm³/mol. The van der Waals surface area contributed by atoms with Gasteiger partial charge in [-0.3, -0.25) is 5.84 Å². The topological polar surface area (TPSA) is 75.0 Å². The second-order valence-electron chi connectivity index (χ2n) is 7.78. The van der Waals surface area contributed by atoms with E-state index in [0.29, 0.717) is 26.4 Å². The summed E-state index contributed by atoms with van der Waals surface area (Å²) in [5, 5.41) is 0. The lowest BCUT2D eigenvalue weighted by Gasteiger charge is -2.25. The van der Waals surface area contributed by atoms with Gasteiger partial charge in [0.1, 0.15) is 24.5 Å². The molecule has 6 nitrogen and oxygen atoms in total. The van der Waals surface area contributed by atoms with Crippen LogP contribution in [0.4, 0.5) is 0 Å². The van der Waals surface area contributed by atoms with Crippen molar-refractivity contribution in [2.24, 2.45) is 5.84 Å². The highest BCUT2D eigenvalue weighted by molar-refractivity contribution is 5.15. The van der Waals surface area contributed by atoms with Crippen LogP contribution in [0.2, 0.25) is 0 Å². The molecule has 0 bridgehead atoms. The minimum Gasteiger partial charge on any atom is -0.374 e. The van der Waals surface area contributed by atoms with E-state index in [4.69, 9.17) is 24.8 Å². The van der Waals surface area contributed by atoms with E-state index < -0.39 is 6.23 Å². The second kappa shape index (κ2) is 11.9. The number of ether oxygens (including phenoxy) is 4. The molecule has 1 aliphatic rings. The van der Waals surface area contributed by atoms with E-state index in [9.17, 15) is 0 Å². The number of hydrazine groups is 1. The largest absolute Gasteiger partial charge is 0.374 e. The van der Waals surface area contributed by atoms with Crippen molar-refractivity contribution in [2.45, 2.75) is 44.4 Å². The standard InChI is InChI=1S/C26H30N2O4/c27-28-26-25(31-18-22-14-8-3-9-15-22)24(30-17-21-12-6-2-7-13-21)23(32-26)19-29-16-20-10-4-1-5-11-20/h1-15,23-26,28H,16-19,27H2/t23-,24-,25+,26?/m1/s1. The molecule has 0 aromatic heterocycles. The Kier molecular flexibility index (Phi) is 8.39. The molecule has 4 atom stereocenters. The first-order valence-electron chi connectivity index (χ1n) is 10.9. The Labute approximate surface area is 189 Å². The molecule has 6 heteroatoms. The number of hydrogen-bond acceptors (Lipinski definition) is 6. The minimum absolute atomic E-state index is 0.316. The molecular weight excluding hydrogens is 404 g/mol. The fraction of sp³-hybridized carbons (Fsp3) is 0.308. The maximum atomic E-state index is 6.31. The molecule has 168 valence electrons. The quantitative estimate of drug-likeness (QED) is 0.355. The molecule has 0 amide bonds. The zero-order chi connectivity index (χ0) is 22.0. The highest BCUT2D eigenvalue weighted by Crippen LogP contribution is 2.27. The average Bonchev–Trinajstić information content (AvgIpc) is 3.19. The van der Waals surface area contributed by atoms with Crippen LogP contribution in [-0.4, -0.2) is 31.1 Å². The summed E-state index contributed by atoms with van der Waals surface area (Å²) in [7, 11) is 0. The zero-order valence-corrected chi connectivity index (χ0v) is 18.0. The summed E-state index contributed by atoms with van der Waals surface area (Å²) in [6, 6.07) is 30.1. The van der Waals surface area contributed by atoms with Gasteiger partial charge in [-0.2, -0.15) is 0 Å². The van der Waals surface area contributed by atoms with E-state index in [1.54, 1.807) is 0 Å². The maximum absolute atomic E-state index is 6.31. The summed E-state index contributed by atoms with van der Waals surface area (Å²) in [6.45, 7) is 1.77. The molecule has 0 radical (unpaired) electrons. The van der Waals surface area contributed by atoms with Crippen molar-refractivity contribution >= 4 is 0 Å². The van der Waals surface area contributed by atoms with E-state index in [1.807, 2.05) is 91.0 Å². The summed E-state index contributed by atoms with van der Waals surface area (Å²) < 4.78 is 24.7. The number of nitrogens with one attached hydrogen (secondary N) is 1. The fourth-order valence-corrected chi connectivity index (χ4v) is 3.78. The van der Waals surface area contributed by atoms with Gasteiger partial charge in [-0.1, -0.05) is 91.0 Å². The molecule has 0 saturated carbocycles. The number of nitrogens with two attached hydrogens (primary N) is 1. The Morgan fingerprint density at radius 3 is 1.62 bits per heavy atom. The highest BCUT2D eigenvalue weighted by atomic mass is 16.6. The molecule has 0 spiro atoms. The van der Waals surface area contributed by atoms with Crippen molar-refractivity contribution in [3.63, 3.8) is 0 Å². The van der Waals surface area contributed by atoms with Gasteiger partial charge in [0.15, 0.2) is 0 Å². The zero-order valence-electron chi connectivity index (χ0n) is 18.0. The normalized spacial score (nSPS) is 22.8. The molecule has 1 fully saturated rings. The lowest BCUT2D eigenvalue weighted by molar-refractivity contribution is -0.0900. The van der Waals surface area contributed by atoms with Crippen LogP contribution in [0, 0.1) is 0 Å². The molecule has 1 saturated heterocycles. The van der Waals surface area contributed by atoms with E-state index in [0.717, 1.165) is 16.7 Å². The lowest BCUT2D eigenvalue weighted by Crippen LogP contribution is -2.46. The van der Waals surface area contributed by atoms with E-state index >= 15 is 0 Å². The first kappa shape index (κ1) is 22.6. The van der Waals surface area contributed by atoms with Gasteiger partial charge in [0, 0.05) is 0 Å². The lowest BCUT2D eigenvalue weighted by atomic mass is 10.1. The first-order valence-corrected chi connectivity index (χ1v) is 10.9. The van der Waals surface area contributed by atoms with E-state index in [-0.39, 0.29) is 18.3 Å². The van der Waals surface area contributed by atoms with E-state index in [2.05, 4.69) is 5.43 Å². The summed E-state index contributed by atoms with van der Waals surface area (Å²) in [5.41, 5.74) is 6.01. The number of benzene rings is 3. The molecule has 3 aromatic rings. The smallest absolute Gasteiger partial charge is 0.149 e. The molecular formula is C26H30N2O4. The monoisotopic (exact) mass is 434 g/mol. The van der Waals surface area contributed by atoms with E-state index in [1.165, 1.54) is 0 Å². The van der Waals surface area contributed by atoms with Crippen molar-refractivity contribution in [2.75, 3.05) is 6.61 Å². The van der Waals surface area contributed by atoms with Crippen molar-refractivity contribution in [1.29, 1.82) is 0 Å². The second-order valence-corrected chi connectivity index (χ2v) is 7.78. The van der Waals surface area contributed by atoms with Gasteiger partial charge >= 0.3 is 0 Å². The van der Waals surface area contributed by atoms with Crippen molar-refractivity contribution in [3.8, 4) is 0 Å². The van der Waals surface area contributed by atoms with Crippen LogP contribution in [0.25, 0.3) is 0 Å². The Bertz CT molecular complexity index is 911. The third kappa shape index (κ3) is 6.23. The van der Waals surface area contributed by atoms with Crippen LogP contribution in [0.5, 0.6) is 0 Å². The summed E-state index contributed by atoms with van der Waals surface area (Å²) in [4.78, 5) is 0. The van der Waals surface area contributed by atoms with Gasteiger partial charge in [-0.15, -0.1) is 0 Å². The molecule has 32 heavy (non-hydrogen) atoms. The summed E-state index contributed by atoms with van der Waals surface area (Å²) in [5.74, 6) is 5.79. The van der Waals surface area contributed by atoms with Gasteiger partial charge in [0.05, 0.1) is 26.4 Å². The molecule has 0 aliphatic carbocycles. The predicted octanol–water partition coefficient (Wildman–Crippen LogP) is 3.56. The maximum Gasteiger partial charge on any atom is 0.149 e. The van der Waals surface area contributed by atoms with Crippen molar-refractivity contribution in [1.82, 2.24) is 5.43 Å². The van der Waals surface area contributed by atoms with Gasteiger partial charge in [0.2, 0.25) is 0 Å². The third-order valence-corrected chi connectivity index (χ3v) is 5.44. The Hall–Kier alpha value is -2.58. The van der Waals surface area contributed by atoms with Crippen LogP contribution >= 0.6 is 0 Å². The van der Waals surface area contributed by atoms with Gasteiger partial charge in [-0.05, 0) is 16.7 Å². The Balaban J connectivity index is 1.42. The number of hydrogen-bond donors (Lipinski definition) is 2. The number of rotatable bonds is 11. The SMILES string of the molecule is NNC1O[C@H](COCc2ccccc2)[C@@H](OCc2ccccc2)[C@@H]1OCc1ccccc1. The van der Waals surface area contributed by atoms with Crippen LogP contribution in [-0.2, 0) is 38.8 Å². The van der Waals surface area contributed by atoms with Crippen LogP contribution in [0.1, 0.15) is 16.7 Å². The fourth-order valence-electron chi connectivity index (χ4n) is 3.78. The molecule has 1 unspecified atom stereocenters. The molecule has 4 rings (SSSR count). The summed E-state index contributed by atoms with van der Waals surface area (Å²) in [6.07, 6.45) is -1.53. The average molecular weight is 435 g/mol. The summed E-state index contributed by atoms with van der Waals surface area (Å²) >= 11 is 0. The highest BCUT2D eigenvalue weighted by Gasteiger charge is 2.46. The molecule has 1 aliphatic heterocycles. The van der Waals surface area contributed by atoms with Crippen molar-refractivity contribution in [3.05, 3.63) is 108 Å². The molecule has 3 N–H and O–H groups in total. The van der Waals surface area contributed by atoms with Crippen LogP contribution < -0.4 is 11.3 Å². The minimum atomic E-state index is -0.496. The van der Waals surface area contributed by atoms with Gasteiger partial charge in [-0.25, -0.2) is 5.43 Å². The van der Waals surface area contributed by atoms with Gasteiger partial charge in [0.25, 0.3) is 0 Å². The van der Waals surface area contributed by atoms with Crippen molar-refractivity contribution < 1.29 is 18.9 Å². The van der Waals surface area contributed by atoms with Crippen LogP contribution in [0.15, 0.2) is 91.0 Å².